The van der Waals surface area contributed by atoms with Crippen LogP contribution in [0.1, 0.15) is 17.5 Å². The van der Waals surface area contributed by atoms with E-state index in [2.05, 4.69) is 191 Å². The van der Waals surface area contributed by atoms with Crippen LogP contribution < -0.4 is 0 Å². The van der Waals surface area contributed by atoms with Crippen molar-refractivity contribution in [3.63, 3.8) is 0 Å². The quantitative estimate of drug-likeness (QED) is 0.179. The smallest absolute Gasteiger partial charge is 0.235 e. The van der Waals surface area contributed by atoms with Gasteiger partial charge in [-0.05, 0) is 84.1 Å². The molecule has 0 fully saturated rings. The second-order valence-corrected chi connectivity index (χ2v) is 16.6. The number of thiophene rings is 1. The first kappa shape index (κ1) is 32.7. The van der Waals surface area contributed by atoms with Crippen LogP contribution in [-0.2, 0) is 6.42 Å². The first-order valence-electron chi connectivity index (χ1n) is 20.3. The third-order valence-corrected chi connectivity index (χ3v) is 13.6. The largest absolute Gasteiger partial charge is 0.309 e. The van der Waals surface area contributed by atoms with Crippen molar-refractivity contribution < 1.29 is 0 Å². The van der Waals surface area contributed by atoms with Crippen LogP contribution in [0.15, 0.2) is 176 Å². The summed E-state index contributed by atoms with van der Waals surface area (Å²) >= 11 is 1.84. The molecule has 4 heterocycles. The summed E-state index contributed by atoms with van der Waals surface area (Å²) in [4.78, 5) is 11.0. The van der Waals surface area contributed by atoms with Crippen LogP contribution in [0, 0.1) is 0 Å². The molecule has 1 aliphatic carbocycles. The van der Waals surface area contributed by atoms with Crippen LogP contribution in [0.25, 0.3) is 115 Å². The lowest BCUT2D eigenvalue weighted by Gasteiger charge is -2.20. The number of rotatable bonds is 4. The Morgan fingerprint density at radius 2 is 1.19 bits per heavy atom. The number of allylic oxidation sites excluding steroid dienone is 1. The number of hydrogen-bond donors (Lipinski definition) is 0. The molecule has 8 aromatic carbocycles. The summed E-state index contributed by atoms with van der Waals surface area (Å²) in [6.07, 6.45) is 6.64. The van der Waals surface area contributed by atoms with Gasteiger partial charge in [0.25, 0.3) is 0 Å². The molecule has 4 aromatic heterocycles. The molecular weight excluding hydrogens is 737 g/mol. The highest BCUT2D eigenvalue weighted by atomic mass is 32.1. The standard InChI is InChI=1S/C54H34N4S/c1-2-15-34(16-3-1)57-47-26-11-7-18-36(47)44-31-33(29-30-49(44)57)43-32-45-37-19-8-12-27-48(37)58(52(45)39-21-5-4-17-35(39)43)54-55-46-25-10-6-22-41(46)51(56-54)42-24-14-23-40-38-20-9-13-28-50(38)59-53(40)42/h1-3,5-16,18-32H,4,17H2. The molecule has 0 unspecified atom stereocenters. The summed E-state index contributed by atoms with van der Waals surface area (Å²) in [6, 6.07) is 61.6. The van der Waals surface area contributed by atoms with Gasteiger partial charge in [-0.25, -0.2) is 9.97 Å². The number of aromatic nitrogens is 4. The molecule has 0 N–H and O–H groups in total. The second kappa shape index (κ2) is 12.6. The summed E-state index contributed by atoms with van der Waals surface area (Å²) < 4.78 is 7.26. The lowest BCUT2D eigenvalue weighted by Crippen LogP contribution is -2.06. The maximum Gasteiger partial charge on any atom is 0.235 e. The van der Waals surface area contributed by atoms with Crippen LogP contribution >= 0.6 is 11.3 Å². The van der Waals surface area contributed by atoms with E-state index < -0.39 is 0 Å². The molecule has 0 bridgehead atoms. The van der Waals surface area contributed by atoms with Crippen molar-refractivity contribution in [3.05, 3.63) is 187 Å². The molecule has 0 amide bonds. The van der Waals surface area contributed by atoms with Gasteiger partial charge in [-0.1, -0.05) is 127 Å². The first-order chi connectivity index (χ1) is 29.3. The van der Waals surface area contributed by atoms with E-state index in [1.165, 1.54) is 80.7 Å². The fourth-order valence-corrected chi connectivity index (χ4v) is 11.1. The number of nitrogens with zero attached hydrogens (tertiary/aromatic N) is 4. The highest BCUT2D eigenvalue weighted by molar-refractivity contribution is 7.26. The van der Waals surface area contributed by atoms with Gasteiger partial charge in [0.05, 0.1) is 33.3 Å². The Bertz CT molecular complexity index is 3730. The van der Waals surface area contributed by atoms with Crippen molar-refractivity contribution in [2.24, 2.45) is 0 Å². The van der Waals surface area contributed by atoms with Crippen LogP contribution in [0.4, 0.5) is 0 Å². The highest BCUT2D eigenvalue weighted by Gasteiger charge is 2.25. The Kier molecular flexibility index (Phi) is 6.97. The van der Waals surface area contributed by atoms with E-state index in [4.69, 9.17) is 9.97 Å². The summed E-state index contributed by atoms with van der Waals surface area (Å²) in [5, 5.41) is 8.51. The molecule has 12 aromatic rings. The third kappa shape index (κ3) is 4.77. The average Bonchev–Trinajstić information content (AvgIpc) is 3.96. The molecule has 5 heteroatoms. The van der Waals surface area contributed by atoms with E-state index in [0.29, 0.717) is 5.95 Å². The van der Waals surface area contributed by atoms with E-state index in [-0.39, 0.29) is 0 Å². The maximum absolute atomic E-state index is 5.59. The van der Waals surface area contributed by atoms with Crippen molar-refractivity contribution in [3.8, 4) is 34.0 Å². The number of hydrogen-bond acceptors (Lipinski definition) is 3. The fraction of sp³-hybridized carbons (Fsp3) is 0.0370. The van der Waals surface area contributed by atoms with Crippen molar-refractivity contribution in [2.75, 3.05) is 0 Å². The molecule has 0 spiro atoms. The van der Waals surface area contributed by atoms with E-state index in [9.17, 15) is 0 Å². The van der Waals surface area contributed by atoms with Crippen molar-refractivity contribution in [1.29, 1.82) is 0 Å². The van der Waals surface area contributed by atoms with Gasteiger partial charge in [0.1, 0.15) is 0 Å². The zero-order valence-electron chi connectivity index (χ0n) is 31.9. The monoisotopic (exact) mass is 770 g/mol. The van der Waals surface area contributed by atoms with Gasteiger partial charge in [-0.3, -0.25) is 4.57 Å². The molecule has 0 saturated heterocycles. The Morgan fingerprint density at radius 1 is 0.492 bits per heavy atom. The lowest BCUT2D eigenvalue weighted by molar-refractivity contribution is 0.978. The second-order valence-electron chi connectivity index (χ2n) is 15.6. The molecule has 59 heavy (non-hydrogen) atoms. The molecule has 1 aliphatic rings. The minimum atomic E-state index is 0.687. The van der Waals surface area contributed by atoms with Crippen LogP contribution in [0.5, 0.6) is 0 Å². The van der Waals surface area contributed by atoms with Gasteiger partial charge < -0.3 is 4.57 Å². The van der Waals surface area contributed by atoms with Gasteiger partial charge in [-0.15, -0.1) is 11.3 Å². The van der Waals surface area contributed by atoms with Crippen molar-refractivity contribution in [2.45, 2.75) is 12.8 Å². The summed E-state index contributed by atoms with van der Waals surface area (Å²) in [5.74, 6) is 0.687. The van der Waals surface area contributed by atoms with E-state index in [1.54, 1.807) is 0 Å². The van der Waals surface area contributed by atoms with E-state index in [0.717, 1.165) is 46.0 Å². The van der Waals surface area contributed by atoms with Crippen molar-refractivity contribution >= 4 is 92.1 Å². The van der Waals surface area contributed by atoms with Gasteiger partial charge in [0.2, 0.25) is 5.95 Å². The number of benzene rings is 8. The number of fused-ring (bicyclic) bond motifs is 12. The predicted molar refractivity (Wildman–Crippen MR) is 249 cm³/mol. The molecule has 0 atom stereocenters. The molecule has 4 nitrogen and oxygen atoms in total. The molecule has 13 rings (SSSR count). The summed E-state index contributed by atoms with van der Waals surface area (Å²) in [7, 11) is 0. The van der Waals surface area contributed by atoms with Gasteiger partial charge >= 0.3 is 0 Å². The highest BCUT2D eigenvalue weighted by Crippen LogP contribution is 2.45. The fourth-order valence-electron chi connectivity index (χ4n) is 9.84. The first-order valence-corrected chi connectivity index (χ1v) is 21.1. The molecular formula is C54H34N4S. The molecule has 0 radical (unpaired) electrons. The minimum Gasteiger partial charge on any atom is -0.309 e. The summed E-state index contributed by atoms with van der Waals surface area (Å²) in [6.45, 7) is 0. The molecule has 0 aliphatic heterocycles. The zero-order chi connectivity index (χ0) is 38.6. The predicted octanol–water partition coefficient (Wildman–Crippen LogP) is 14.5. The lowest BCUT2D eigenvalue weighted by atomic mass is 9.87. The van der Waals surface area contributed by atoms with Gasteiger partial charge in [0.15, 0.2) is 0 Å². The van der Waals surface area contributed by atoms with Gasteiger partial charge in [0, 0.05) is 63.9 Å². The third-order valence-electron chi connectivity index (χ3n) is 12.4. The van der Waals surface area contributed by atoms with Crippen LogP contribution in [0.3, 0.4) is 0 Å². The molecule has 276 valence electrons. The van der Waals surface area contributed by atoms with Gasteiger partial charge in [-0.2, -0.15) is 0 Å². The Labute approximate surface area is 343 Å². The maximum atomic E-state index is 5.59. The average molecular weight is 771 g/mol. The SMILES string of the molecule is C1=Cc2c(c(-c3ccc4c(c3)c3ccccc3n4-c3ccccc3)cc3c4ccccc4n(-c4nc(-c5cccc6c5sc5ccccc56)c5ccccc5n4)c23)CC1. The topological polar surface area (TPSA) is 35.6 Å². The number of para-hydroxylation sites is 4. The Morgan fingerprint density at radius 3 is 2.05 bits per heavy atom. The Hall–Kier alpha value is -7.34. The minimum absolute atomic E-state index is 0.687. The van der Waals surface area contributed by atoms with E-state index in [1.807, 2.05) is 11.3 Å². The summed E-state index contributed by atoms with van der Waals surface area (Å²) in [5.41, 5.74) is 14.0. The zero-order valence-corrected chi connectivity index (χ0v) is 32.7. The van der Waals surface area contributed by atoms with Crippen molar-refractivity contribution in [1.82, 2.24) is 19.1 Å². The van der Waals surface area contributed by atoms with Crippen LogP contribution in [0.2, 0.25) is 0 Å². The van der Waals surface area contributed by atoms with Crippen LogP contribution in [-0.4, -0.2) is 19.1 Å². The molecule has 0 saturated carbocycles. The normalized spacial score (nSPS) is 12.9. The Balaban J connectivity index is 1.08. The van der Waals surface area contributed by atoms with E-state index >= 15 is 0 Å².